The number of esters is 1. The van der Waals surface area contributed by atoms with Crippen LogP contribution in [0.2, 0.25) is 0 Å². The van der Waals surface area contributed by atoms with Gasteiger partial charge < -0.3 is 10.1 Å². The summed E-state index contributed by atoms with van der Waals surface area (Å²) in [4.78, 5) is 33.1. The number of rotatable bonds is 7. The van der Waals surface area contributed by atoms with Crippen LogP contribution in [-0.4, -0.2) is 40.2 Å². The first-order valence-electron chi connectivity index (χ1n) is 8.56. The molecule has 1 fully saturated rings. The Hall–Kier alpha value is -2.45. The van der Waals surface area contributed by atoms with E-state index in [1.165, 1.54) is 18.1 Å². The van der Waals surface area contributed by atoms with Gasteiger partial charge in [0.1, 0.15) is 16.2 Å². The van der Waals surface area contributed by atoms with Gasteiger partial charge in [-0.1, -0.05) is 42.1 Å². The van der Waals surface area contributed by atoms with Crippen LogP contribution in [-0.2, 0) is 14.3 Å². The third-order valence-electron chi connectivity index (χ3n) is 4.05. The number of fused-ring (bicyclic) bond motifs is 1. The van der Waals surface area contributed by atoms with Crippen molar-refractivity contribution in [3.8, 4) is 11.1 Å². The highest BCUT2D eigenvalue weighted by atomic mass is 32.2. The SMILES string of the molecule is O=C(COC(=O)CSc1ncnc2scc(-c3ccccc3)c12)NC1CC1. The fraction of sp³-hybridized carbons (Fsp3) is 0.263. The fourth-order valence-corrected chi connectivity index (χ4v) is 4.39. The molecule has 1 aromatic carbocycles. The Morgan fingerprint density at radius 1 is 1.22 bits per heavy atom. The van der Waals surface area contributed by atoms with Crippen molar-refractivity contribution in [2.24, 2.45) is 0 Å². The van der Waals surface area contributed by atoms with E-state index in [0.29, 0.717) is 0 Å². The number of nitrogens with one attached hydrogen (secondary N) is 1. The molecule has 3 aromatic rings. The highest BCUT2D eigenvalue weighted by molar-refractivity contribution is 8.00. The van der Waals surface area contributed by atoms with Crippen molar-refractivity contribution >= 4 is 45.2 Å². The average Bonchev–Trinajstić information content (AvgIpc) is 3.40. The zero-order chi connectivity index (χ0) is 18.6. The first kappa shape index (κ1) is 17.9. The number of nitrogens with zero attached hydrogens (tertiary/aromatic N) is 2. The topological polar surface area (TPSA) is 81.2 Å². The molecule has 0 aliphatic heterocycles. The van der Waals surface area contributed by atoms with Gasteiger partial charge in [-0.25, -0.2) is 9.97 Å². The maximum atomic E-state index is 12.0. The van der Waals surface area contributed by atoms with Gasteiger partial charge in [0.2, 0.25) is 0 Å². The van der Waals surface area contributed by atoms with Gasteiger partial charge >= 0.3 is 5.97 Å². The molecule has 6 nitrogen and oxygen atoms in total. The summed E-state index contributed by atoms with van der Waals surface area (Å²) in [6.45, 7) is -0.233. The lowest BCUT2D eigenvalue weighted by molar-refractivity contribution is -0.145. The van der Waals surface area contributed by atoms with E-state index >= 15 is 0 Å². The zero-order valence-electron chi connectivity index (χ0n) is 14.4. The maximum Gasteiger partial charge on any atom is 0.316 e. The van der Waals surface area contributed by atoms with Gasteiger partial charge in [0.05, 0.1) is 11.1 Å². The van der Waals surface area contributed by atoms with Crippen LogP contribution in [0, 0.1) is 0 Å². The van der Waals surface area contributed by atoms with Crippen LogP contribution >= 0.6 is 23.1 Å². The van der Waals surface area contributed by atoms with E-state index in [1.54, 1.807) is 11.3 Å². The number of carbonyl (C=O) groups excluding carboxylic acids is 2. The molecule has 0 radical (unpaired) electrons. The van der Waals surface area contributed by atoms with Gasteiger partial charge in [0.15, 0.2) is 6.61 Å². The second-order valence-electron chi connectivity index (χ2n) is 6.17. The summed E-state index contributed by atoms with van der Waals surface area (Å²) >= 11 is 2.85. The van der Waals surface area contributed by atoms with Crippen molar-refractivity contribution in [1.29, 1.82) is 0 Å². The standard InChI is InChI=1S/C19H17N3O3S2/c23-15(22-13-6-7-13)8-25-16(24)10-27-19-17-14(12-4-2-1-3-5-12)9-26-18(17)20-11-21-19/h1-5,9,11,13H,6-8,10H2,(H,22,23). The number of benzene rings is 1. The van der Waals surface area contributed by atoms with Crippen LogP contribution in [0.5, 0.6) is 0 Å². The Balaban J connectivity index is 1.43. The van der Waals surface area contributed by atoms with E-state index in [2.05, 4.69) is 20.7 Å². The molecule has 27 heavy (non-hydrogen) atoms. The average molecular weight is 399 g/mol. The van der Waals surface area contributed by atoms with E-state index in [-0.39, 0.29) is 24.3 Å². The molecule has 1 N–H and O–H groups in total. The van der Waals surface area contributed by atoms with Crippen molar-refractivity contribution < 1.29 is 14.3 Å². The minimum Gasteiger partial charge on any atom is -0.455 e. The molecular formula is C19H17N3O3S2. The first-order valence-corrected chi connectivity index (χ1v) is 10.4. The molecule has 1 saturated carbocycles. The quantitative estimate of drug-likeness (QED) is 0.373. The first-order chi connectivity index (χ1) is 13.2. The summed E-state index contributed by atoms with van der Waals surface area (Å²) in [7, 11) is 0. The van der Waals surface area contributed by atoms with Crippen molar-refractivity contribution in [3.63, 3.8) is 0 Å². The summed E-state index contributed by atoms with van der Waals surface area (Å²) < 4.78 is 5.05. The van der Waals surface area contributed by atoms with Crippen LogP contribution in [0.1, 0.15) is 12.8 Å². The van der Waals surface area contributed by atoms with Crippen LogP contribution in [0.4, 0.5) is 0 Å². The van der Waals surface area contributed by atoms with E-state index < -0.39 is 5.97 Å². The summed E-state index contributed by atoms with van der Waals surface area (Å²) in [5.41, 5.74) is 2.13. The molecule has 0 atom stereocenters. The molecule has 0 spiro atoms. The van der Waals surface area contributed by atoms with E-state index in [1.807, 2.05) is 30.3 Å². The predicted octanol–water partition coefficient (Wildman–Crippen LogP) is 3.27. The van der Waals surface area contributed by atoms with Gasteiger partial charge in [-0.2, -0.15) is 0 Å². The van der Waals surface area contributed by atoms with Crippen molar-refractivity contribution in [2.45, 2.75) is 23.9 Å². The summed E-state index contributed by atoms with van der Waals surface area (Å²) in [5.74, 6) is -0.592. The number of thioether (sulfide) groups is 1. The minimum absolute atomic E-state index is 0.0902. The predicted molar refractivity (Wildman–Crippen MR) is 106 cm³/mol. The number of hydrogen-bond donors (Lipinski definition) is 1. The van der Waals surface area contributed by atoms with Crippen molar-refractivity contribution in [1.82, 2.24) is 15.3 Å². The molecular weight excluding hydrogens is 382 g/mol. The molecule has 138 valence electrons. The minimum atomic E-state index is -0.436. The molecule has 8 heteroatoms. The van der Waals surface area contributed by atoms with Crippen LogP contribution in [0.3, 0.4) is 0 Å². The highest BCUT2D eigenvalue weighted by Gasteiger charge is 2.23. The molecule has 2 aromatic heterocycles. The van der Waals surface area contributed by atoms with Gasteiger partial charge in [-0.3, -0.25) is 9.59 Å². The molecule has 1 aliphatic rings. The van der Waals surface area contributed by atoms with Crippen LogP contribution in [0.15, 0.2) is 47.1 Å². The second-order valence-corrected chi connectivity index (χ2v) is 7.99. The van der Waals surface area contributed by atoms with Crippen molar-refractivity contribution in [3.05, 3.63) is 42.0 Å². The third kappa shape index (κ3) is 4.45. The van der Waals surface area contributed by atoms with E-state index in [9.17, 15) is 9.59 Å². The molecule has 1 aliphatic carbocycles. The lowest BCUT2D eigenvalue weighted by atomic mass is 10.1. The Morgan fingerprint density at radius 2 is 2.04 bits per heavy atom. The lowest BCUT2D eigenvalue weighted by Crippen LogP contribution is -2.30. The molecule has 0 bridgehead atoms. The summed E-state index contributed by atoms with van der Waals surface area (Å²) in [5, 5.41) is 6.52. The lowest BCUT2D eigenvalue weighted by Gasteiger charge is -2.07. The van der Waals surface area contributed by atoms with Gasteiger partial charge in [0.25, 0.3) is 5.91 Å². The Labute approximate surface area is 164 Å². The summed E-state index contributed by atoms with van der Waals surface area (Å²) in [6, 6.07) is 10.3. The highest BCUT2D eigenvalue weighted by Crippen LogP contribution is 2.37. The number of thiophene rings is 1. The molecule has 4 rings (SSSR count). The number of ether oxygens (including phenoxy) is 1. The normalized spacial score (nSPS) is 13.5. The maximum absolute atomic E-state index is 12.0. The Morgan fingerprint density at radius 3 is 2.81 bits per heavy atom. The number of aromatic nitrogens is 2. The number of amides is 1. The Kier molecular flexibility index (Phi) is 5.35. The van der Waals surface area contributed by atoms with Gasteiger partial charge in [-0.15, -0.1) is 11.3 Å². The fourth-order valence-electron chi connectivity index (χ4n) is 2.60. The molecule has 2 heterocycles. The third-order valence-corrected chi connectivity index (χ3v) is 5.90. The molecule has 1 amide bonds. The zero-order valence-corrected chi connectivity index (χ0v) is 16.0. The number of carbonyl (C=O) groups is 2. The van der Waals surface area contributed by atoms with Crippen molar-refractivity contribution in [2.75, 3.05) is 12.4 Å². The van der Waals surface area contributed by atoms with Crippen LogP contribution < -0.4 is 5.32 Å². The summed E-state index contributed by atoms with van der Waals surface area (Å²) in [6.07, 6.45) is 3.51. The van der Waals surface area contributed by atoms with Crippen LogP contribution in [0.25, 0.3) is 21.3 Å². The second kappa shape index (κ2) is 8.06. The van der Waals surface area contributed by atoms with E-state index in [4.69, 9.17) is 4.74 Å². The number of hydrogen-bond acceptors (Lipinski definition) is 7. The van der Waals surface area contributed by atoms with Gasteiger partial charge in [-0.05, 0) is 18.4 Å². The molecule has 0 saturated heterocycles. The Bertz CT molecular complexity index is 971. The van der Waals surface area contributed by atoms with E-state index in [0.717, 1.165) is 39.2 Å². The smallest absolute Gasteiger partial charge is 0.316 e. The van der Waals surface area contributed by atoms with Gasteiger partial charge in [0, 0.05) is 17.0 Å². The monoisotopic (exact) mass is 399 g/mol. The largest absolute Gasteiger partial charge is 0.455 e. The molecule has 0 unspecified atom stereocenters.